The van der Waals surface area contributed by atoms with Crippen molar-refractivity contribution in [3.05, 3.63) is 0 Å². The van der Waals surface area contributed by atoms with Crippen molar-refractivity contribution in [2.75, 3.05) is 39.6 Å². The van der Waals surface area contributed by atoms with Crippen molar-refractivity contribution in [3.63, 3.8) is 0 Å². The predicted molar refractivity (Wildman–Crippen MR) is 139 cm³/mol. The van der Waals surface area contributed by atoms with Gasteiger partial charge in [-0.2, -0.15) is 0 Å². The molecule has 0 aliphatic heterocycles. The third-order valence-electron chi connectivity index (χ3n) is 7.28. The third kappa shape index (κ3) is 17.3. The normalized spacial score (nSPS) is 12.8. The second-order valence-corrected chi connectivity index (χ2v) is 10.2. The molecule has 0 bridgehead atoms. The molecule has 1 unspecified atom stereocenters. The largest absolute Gasteiger partial charge is 0.481 e. The minimum Gasteiger partial charge on any atom is -0.481 e. The zero-order valence-corrected chi connectivity index (χ0v) is 22.5. The van der Waals surface area contributed by atoms with Crippen LogP contribution < -0.4 is 0 Å². The van der Waals surface area contributed by atoms with E-state index in [1.54, 1.807) is 0 Å². The lowest BCUT2D eigenvalue weighted by atomic mass is 9.85. The van der Waals surface area contributed by atoms with Crippen molar-refractivity contribution in [3.8, 4) is 0 Å². The fourth-order valence-electron chi connectivity index (χ4n) is 3.86. The van der Waals surface area contributed by atoms with E-state index in [2.05, 4.69) is 6.92 Å². The van der Waals surface area contributed by atoms with Crippen molar-refractivity contribution in [1.29, 1.82) is 0 Å². The van der Waals surface area contributed by atoms with Gasteiger partial charge < -0.3 is 35.7 Å². The summed E-state index contributed by atoms with van der Waals surface area (Å²) in [6, 6.07) is 0. The molecular formula is C27H56O8. The van der Waals surface area contributed by atoms with Gasteiger partial charge in [-0.3, -0.25) is 4.79 Å². The fraction of sp³-hybridized carbons (Fsp3) is 0.963. The summed E-state index contributed by atoms with van der Waals surface area (Å²) < 4.78 is 0. The van der Waals surface area contributed by atoms with E-state index < -0.39 is 16.8 Å². The molecule has 212 valence electrons. The highest BCUT2D eigenvalue weighted by molar-refractivity contribution is 5.69. The highest BCUT2D eigenvalue weighted by atomic mass is 16.4. The van der Waals surface area contributed by atoms with Crippen LogP contribution >= 0.6 is 0 Å². The zero-order chi connectivity index (χ0) is 27.0. The summed E-state index contributed by atoms with van der Waals surface area (Å²) in [6.45, 7) is 2.94. The maximum atomic E-state index is 11.4. The molecule has 0 heterocycles. The van der Waals surface area contributed by atoms with Crippen LogP contribution in [-0.4, -0.2) is 81.4 Å². The molecule has 0 aromatic rings. The van der Waals surface area contributed by atoms with E-state index in [4.69, 9.17) is 15.3 Å². The third-order valence-corrected chi connectivity index (χ3v) is 7.28. The molecule has 8 heteroatoms. The summed E-state index contributed by atoms with van der Waals surface area (Å²) in [5.74, 6) is -0.895. The van der Waals surface area contributed by atoms with Crippen LogP contribution in [0.4, 0.5) is 0 Å². The van der Waals surface area contributed by atoms with E-state index in [-0.39, 0.29) is 45.6 Å². The Morgan fingerprint density at radius 1 is 0.571 bits per heavy atom. The molecule has 35 heavy (non-hydrogen) atoms. The highest BCUT2D eigenvalue weighted by Crippen LogP contribution is 2.25. The molecular weight excluding hydrogens is 452 g/mol. The molecule has 0 spiro atoms. The van der Waals surface area contributed by atoms with Gasteiger partial charge in [-0.1, -0.05) is 84.5 Å². The molecule has 0 saturated heterocycles. The molecule has 0 saturated carbocycles. The number of aliphatic hydroxyl groups excluding tert-OH is 6. The SMILES string of the molecule is CCC(CO)(CO)CO.CCCCCCCCCC(CCCCCCC(CO)(CO)CO)C(=O)O. The summed E-state index contributed by atoms with van der Waals surface area (Å²) in [4.78, 5) is 11.4. The molecule has 0 aliphatic carbocycles. The molecule has 0 amide bonds. The molecule has 1 atom stereocenters. The number of rotatable bonds is 23. The first-order valence-corrected chi connectivity index (χ1v) is 13.7. The van der Waals surface area contributed by atoms with Crippen LogP contribution in [0.5, 0.6) is 0 Å². The average Bonchev–Trinajstić information content (AvgIpc) is 2.89. The number of unbranched alkanes of at least 4 members (excludes halogenated alkanes) is 9. The number of carboxylic acids is 1. The van der Waals surface area contributed by atoms with Gasteiger partial charge in [0.2, 0.25) is 0 Å². The van der Waals surface area contributed by atoms with Gasteiger partial charge in [0.25, 0.3) is 0 Å². The van der Waals surface area contributed by atoms with E-state index in [0.29, 0.717) is 12.8 Å². The van der Waals surface area contributed by atoms with Crippen LogP contribution in [0.25, 0.3) is 0 Å². The predicted octanol–water partition coefficient (Wildman–Crippen LogP) is 3.49. The summed E-state index contributed by atoms with van der Waals surface area (Å²) in [5, 5.41) is 63.2. The Labute approximate surface area is 213 Å². The van der Waals surface area contributed by atoms with E-state index in [0.717, 1.165) is 51.4 Å². The van der Waals surface area contributed by atoms with E-state index >= 15 is 0 Å². The van der Waals surface area contributed by atoms with Crippen LogP contribution in [0.1, 0.15) is 110 Å². The van der Waals surface area contributed by atoms with Gasteiger partial charge in [-0.05, 0) is 25.7 Å². The number of carbonyl (C=O) groups is 1. The molecule has 0 rings (SSSR count). The lowest BCUT2D eigenvalue weighted by molar-refractivity contribution is -0.142. The van der Waals surface area contributed by atoms with Crippen molar-refractivity contribution in [1.82, 2.24) is 0 Å². The van der Waals surface area contributed by atoms with Gasteiger partial charge in [0.1, 0.15) is 0 Å². The van der Waals surface area contributed by atoms with Crippen molar-refractivity contribution in [2.45, 2.75) is 110 Å². The van der Waals surface area contributed by atoms with Crippen LogP contribution in [0.2, 0.25) is 0 Å². The zero-order valence-electron chi connectivity index (χ0n) is 22.5. The molecule has 0 aliphatic rings. The minimum atomic E-state index is -0.777. The molecule has 0 fully saturated rings. The Balaban J connectivity index is 0. The van der Waals surface area contributed by atoms with Crippen LogP contribution in [0.3, 0.4) is 0 Å². The average molecular weight is 509 g/mol. The van der Waals surface area contributed by atoms with Gasteiger partial charge >= 0.3 is 5.97 Å². The van der Waals surface area contributed by atoms with Crippen molar-refractivity contribution >= 4 is 5.97 Å². The van der Waals surface area contributed by atoms with Gasteiger partial charge in [0.15, 0.2) is 0 Å². The summed E-state index contributed by atoms with van der Waals surface area (Å²) in [5.41, 5.74) is -1.44. The Bertz CT molecular complexity index is 438. The van der Waals surface area contributed by atoms with E-state index in [1.165, 1.54) is 32.1 Å². The lowest BCUT2D eigenvalue weighted by Gasteiger charge is -2.27. The second-order valence-electron chi connectivity index (χ2n) is 10.2. The first kappa shape index (κ1) is 36.4. The Morgan fingerprint density at radius 2 is 0.943 bits per heavy atom. The summed E-state index contributed by atoms with van der Waals surface area (Å²) in [6.07, 6.45) is 14.8. The first-order chi connectivity index (χ1) is 16.8. The Hall–Kier alpha value is -0.770. The first-order valence-electron chi connectivity index (χ1n) is 13.7. The minimum absolute atomic E-state index is 0.156. The second kappa shape index (κ2) is 23.6. The summed E-state index contributed by atoms with van der Waals surface area (Å²) in [7, 11) is 0. The number of hydrogen-bond donors (Lipinski definition) is 7. The quantitative estimate of drug-likeness (QED) is 0.103. The van der Waals surface area contributed by atoms with Gasteiger partial charge in [-0.15, -0.1) is 0 Å². The van der Waals surface area contributed by atoms with Gasteiger partial charge in [0.05, 0.1) is 45.6 Å². The smallest absolute Gasteiger partial charge is 0.306 e. The standard InChI is InChI=1S/C21H42O5.C6H14O3/c1-2-3-4-5-6-7-10-13-19(20(25)26)14-11-8-9-12-15-21(16-22,17-23)18-24;1-2-6(3-7,4-8)5-9/h19,22-24H,2-18H2,1H3,(H,25,26);7-9H,2-5H2,1H3. The maximum absolute atomic E-state index is 11.4. The van der Waals surface area contributed by atoms with Crippen molar-refractivity contribution < 1.29 is 40.5 Å². The van der Waals surface area contributed by atoms with Crippen LogP contribution in [-0.2, 0) is 4.79 Å². The number of aliphatic carboxylic acids is 1. The Kier molecular flexibility index (Phi) is 24.6. The highest BCUT2D eigenvalue weighted by Gasteiger charge is 2.27. The van der Waals surface area contributed by atoms with Gasteiger partial charge in [0, 0.05) is 10.8 Å². The number of carboxylic acid groups (broad SMARTS) is 1. The van der Waals surface area contributed by atoms with Crippen LogP contribution in [0.15, 0.2) is 0 Å². The van der Waals surface area contributed by atoms with Crippen molar-refractivity contribution in [2.24, 2.45) is 16.7 Å². The van der Waals surface area contributed by atoms with E-state index in [1.807, 2.05) is 6.92 Å². The molecule has 8 nitrogen and oxygen atoms in total. The van der Waals surface area contributed by atoms with Crippen LogP contribution in [0, 0.1) is 16.7 Å². The lowest BCUT2D eigenvalue weighted by Crippen LogP contribution is -2.33. The number of hydrogen-bond acceptors (Lipinski definition) is 7. The maximum Gasteiger partial charge on any atom is 0.306 e. The van der Waals surface area contributed by atoms with E-state index in [9.17, 15) is 25.2 Å². The fourth-order valence-corrected chi connectivity index (χ4v) is 3.86. The summed E-state index contributed by atoms with van der Waals surface area (Å²) >= 11 is 0. The molecule has 0 aromatic carbocycles. The number of aliphatic hydroxyl groups is 6. The van der Waals surface area contributed by atoms with Gasteiger partial charge in [-0.25, -0.2) is 0 Å². The molecule has 7 N–H and O–H groups in total. The monoisotopic (exact) mass is 508 g/mol. The Morgan fingerprint density at radius 3 is 1.26 bits per heavy atom. The molecule has 0 radical (unpaired) electrons. The topological polar surface area (TPSA) is 159 Å². The molecule has 0 aromatic heterocycles.